The molecule has 0 nitrogen and oxygen atoms in total. The summed E-state index contributed by atoms with van der Waals surface area (Å²) >= 11 is 0. The second-order valence-corrected chi connectivity index (χ2v) is 12.1. The zero-order valence-electron chi connectivity index (χ0n) is 30.2. The molecule has 0 atom stereocenters. The van der Waals surface area contributed by atoms with Gasteiger partial charge in [0.25, 0.3) is 0 Å². The number of benzene rings is 2. The number of hydrogen-bond acceptors (Lipinski definition) is 0. The Morgan fingerprint density at radius 1 is 0.533 bits per heavy atom. The predicted molar refractivity (Wildman–Crippen MR) is 203 cm³/mol. The summed E-state index contributed by atoms with van der Waals surface area (Å²) in [6.07, 6.45) is 14.4. The first kappa shape index (κ1) is 51.5. The van der Waals surface area contributed by atoms with Gasteiger partial charge in [0.15, 0.2) is 0 Å². The first-order valence-electron chi connectivity index (χ1n) is 17.1. The van der Waals surface area contributed by atoms with Crippen molar-refractivity contribution in [3.05, 3.63) is 112 Å². The minimum absolute atomic E-state index is 0. The molecule has 4 aromatic carbocycles. The third-order valence-corrected chi connectivity index (χ3v) is 7.96. The number of fused-ring (bicyclic) bond motifs is 2. The molecule has 1 aliphatic rings. The van der Waals surface area contributed by atoms with Crippen LogP contribution in [0.5, 0.6) is 0 Å². The van der Waals surface area contributed by atoms with Gasteiger partial charge in [-0.25, -0.2) is 0 Å². The van der Waals surface area contributed by atoms with Crippen molar-refractivity contribution >= 4 is 31.1 Å². The maximum Gasteiger partial charge on any atom is 3.00 e. The summed E-state index contributed by atoms with van der Waals surface area (Å²) in [5.41, 5.74) is 2.87. The van der Waals surface area contributed by atoms with Crippen molar-refractivity contribution in [1.29, 1.82) is 0 Å². The van der Waals surface area contributed by atoms with Crippen molar-refractivity contribution in [3.63, 3.8) is 0 Å². The van der Waals surface area contributed by atoms with Gasteiger partial charge in [-0.15, -0.1) is 81.2 Å². The molecule has 3 heteroatoms. The van der Waals surface area contributed by atoms with E-state index in [1.54, 1.807) is 0 Å². The second kappa shape index (κ2) is 39.8. The summed E-state index contributed by atoms with van der Waals surface area (Å²) in [6, 6.07) is 29.1. The van der Waals surface area contributed by atoms with E-state index in [0.717, 1.165) is 38.5 Å². The van der Waals surface area contributed by atoms with E-state index >= 15 is 0 Å². The first-order chi connectivity index (χ1) is 21.0. The molecule has 1 fully saturated rings. The fourth-order valence-corrected chi connectivity index (χ4v) is 4.71. The Balaban J connectivity index is -0.000000230. The summed E-state index contributed by atoms with van der Waals surface area (Å²) in [4.78, 5) is 0. The Bertz CT molecular complexity index is 903. The van der Waals surface area contributed by atoms with Gasteiger partial charge in [-0.05, 0) is 12.8 Å². The molecular weight excluding hydrogens is 715 g/mol. The molecule has 0 amide bonds. The second-order valence-electron chi connectivity index (χ2n) is 10.6. The Morgan fingerprint density at radius 2 is 0.822 bits per heavy atom. The molecular formula is C42H66SiZr2. The normalized spacial score (nSPS) is 10.5. The first-order valence-corrected chi connectivity index (χ1v) is 18.5. The van der Waals surface area contributed by atoms with E-state index in [-0.39, 0.29) is 52.4 Å². The Labute approximate surface area is 323 Å². The number of rotatable bonds is 6. The van der Waals surface area contributed by atoms with Gasteiger partial charge < -0.3 is 27.7 Å². The fourth-order valence-electron chi connectivity index (χ4n) is 3.46. The van der Waals surface area contributed by atoms with Crippen molar-refractivity contribution in [3.8, 4) is 0 Å². The molecule has 4 radical (unpaired) electrons. The summed E-state index contributed by atoms with van der Waals surface area (Å²) in [5.74, 6) is 0. The number of unbranched alkanes of at least 4 members (excludes halogenated alkanes) is 4. The minimum atomic E-state index is 0. The molecule has 0 aromatic heterocycles. The van der Waals surface area contributed by atoms with Crippen molar-refractivity contribution < 1.29 is 52.4 Å². The quantitative estimate of drug-likeness (QED) is 0.135. The SMILES string of the molecule is C1CC[Si]C1.CCc1cc2ccccc2[cH-]1.CCc1cc2ccccc2[cH-]1.[CH2-]CCC.[CH2-]CCC.[CH2-]CCC.[CH2-]CCC.[Zr+3].[Zr+3]. The van der Waals surface area contributed by atoms with Gasteiger partial charge in [0.05, 0.1) is 0 Å². The van der Waals surface area contributed by atoms with E-state index in [1.807, 2.05) is 0 Å². The van der Waals surface area contributed by atoms with Crippen molar-refractivity contribution in [2.24, 2.45) is 0 Å². The van der Waals surface area contributed by atoms with Gasteiger partial charge in [0.2, 0.25) is 0 Å². The van der Waals surface area contributed by atoms with Crippen LogP contribution in [0.25, 0.3) is 21.5 Å². The Hall–Kier alpha value is -0.357. The van der Waals surface area contributed by atoms with Crippen LogP contribution < -0.4 is 0 Å². The smallest absolute Gasteiger partial charge is 0.343 e. The van der Waals surface area contributed by atoms with Crippen LogP contribution in [0.1, 0.15) is 117 Å². The molecule has 0 saturated carbocycles. The molecule has 0 aliphatic carbocycles. The van der Waals surface area contributed by atoms with Gasteiger partial charge in [-0.1, -0.05) is 104 Å². The van der Waals surface area contributed by atoms with Crippen LogP contribution in [0.3, 0.4) is 0 Å². The molecule has 1 saturated heterocycles. The molecule has 1 heterocycles. The van der Waals surface area contributed by atoms with Crippen LogP contribution in [0.4, 0.5) is 0 Å². The molecule has 0 unspecified atom stereocenters. The zero-order valence-corrected chi connectivity index (χ0v) is 36.1. The molecule has 0 spiro atoms. The maximum atomic E-state index is 3.60. The topological polar surface area (TPSA) is 0 Å². The van der Waals surface area contributed by atoms with Gasteiger partial charge in [-0.2, -0.15) is 37.8 Å². The molecule has 0 bridgehead atoms. The fraction of sp³-hybridized carbons (Fsp3) is 0.476. The van der Waals surface area contributed by atoms with E-state index < -0.39 is 0 Å². The van der Waals surface area contributed by atoms with Crippen LogP contribution in [0.2, 0.25) is 12.1 Å². The summed E-state index contributed by atoms with van der Waals surface area (Å²) < 4.78 is 0. The molecule has 1 aliphatic heterocycles. The Kier molecular flexibility index (Phi) is 45.6. The summed E-state index contributed by atoms with van der Waals surface area (Å²) in [7, 11) is 1.31. The summed E-state index contributed by atoms with van der Waals surface area (Å²) in [5, 5.41) is 5.46. The largest absolute Gasteiger partial charge is 3.00 e. The van der Waals surface area contributed by atoms with Crippen molar-refractivity contribution in [2.45, 2.75) is 131 Å². The van der Waals surface area contributed by atoms with E-state index in [2.05, 4.69) is 142 Å². The summed E-state index contributed by atoms with van der Waals surface area (Å²) in [6.45, 7) is 27.3. The third kappa shape index (κ3) is 29.5. The van der Waals surface area contributed by atoms with Crippen LogP contribution >= 0.6 is 0 Å². The van der Waals surface area contributed by atoms with Crippen LogP contribution in [-0.4, -0.2) is 9.52 Å². The van der Waals surface area contributed by atoms with Crippen LogP contribution in [-0.2, 0) is 65.2 Å². The number of aryl methyl sites for hydroxylation is 2. The van der Waals surface area contributed by atoms with E-state index in [1.165, 1.54) is 92.8 Å². The van der Waals surface area contributed by atoms with E-state index in [9.17, 15) is 0 Å². The van der Waals surface area contributed by atoms with Crippen LogP contribution in [0, 0.1) is 27.7 Å². The molecule has 5 rings (SSSR count). The maximum absolute atomic E-state index is 3.60. The minimum Gasteiger partial charge on any atom is -0.343 e. The van der Waals surface area contributed by atoms with E-state index in [4.69, 9.17) is 0 Å². The van der Waals surface area contributed by atoms with E-state index in [0.29, 0.717) is 0 Å². The van der Waals surface area contributed by atoms with Gasteiger partial charge in [0.1, 0.15) is 0 Å². The monoisotopic (exact) mass is 778 g/mol. The van der Waals surface area contributed by atoms with Gasteiger partial charge in [-0.3, -0.25) is 0 Å². The van der Waals surface area contributed by atoms with Crippen molar-refractivity contribution in [1.82, 2.24) is 0 Å². The third-order valence-electron chi connectivity index (χ3n) is 6.54. The number of hydrogen-bond donors (Lipinski definition) is 0. The van der Waals surface area contributed by atoms with Crippen LogP contribution in [0.15, 0.2) is 72.8 Å². The molecule has 246 valence electrons. The van der Waals surface area contributed by atoms with Gasteiger partial charge >= 0.3 is 52.4 Å². The molecule has 0 N–H and O–H groups in total. The van der Waals surface area contributed by atoms with Crippen molar-refractivity contribution in [2.75, 3.05) is 0 Å². The predicted octanol–water partition coefficient (Wildman–Crippen LogP) is 14.0. The molecule has 4 aromatic rings. The average molecular weight is 782 g/mol. The standard InChI is InChI=1S/2C11H11.C4H8Si.4C4H9.2Zr/c2*1-2-9-7-10-5-3-4-6-11(10)8-9;1-2-4-5-3-1;4*1-3-4-2;;/h2*3-8H,2H2,1H3;1-4H2;4*1,3-4H2,2H3;;/q2*-1;;4*-1;2*+3. The average Bonchev–Trinajstić information content (AvgIpc) is 3.87. The van der Waals surface area contributed by atoms with Gasteiger partial charge in [0, 0.05) is 9.52 Å². The zero-order chi connectivity index (χ0) is 32.6. The Morgan fingerprint density at radius 3 is 1.02 bits per heavy atom. The molecule has 45 heavy (non-hydrogen) atoms.